The van der Waals surface area contributed by atoms with Crippen LogP contribution < -0.4 is 20.1 Å². The standard InChI is InChI=1S/C19H26N4O5/c1-13(2)9-18(25)23-7-5-22(6-8-23)11-17(24)21-19(26)20-14-3-4-15-16(10-14)28-12-27-15/h3-4,10,13H,5-9,11-12H2,1-2H3,(H2,20,21,24,26). The number of hydrogen-bond acceptors (Lipinski definition) is 6. The first-order chi connectivity index (χ1) is 13.4. The Morgan fingerprint density at radius 3 is 2.50 bits per heavy atom. The van der Waals surface area contributed by atoms with Crippen LogP contribution in [0.15, 0.2) is 18.2 Å². The Hall–Kier alpha value is -2.81. The number of rotatable bonds is 5. The third-order valence-corrected chi connectivity index (χ3v) is 4.56. The number of benzene rings is 1. The molecule has 1 fully saturated rings. The maximum Gasteiger partial charge on any atom is 0.325 e. The van der Waals surface area contributed by atoms with Crippen LogP contribution in [0.5, 0.6) is 11.5 Å². The van der Waals surface area contributed by atoms with Gasteiger partial charge in [0, 0.05) is 44.4 Å². The molecule has 1 aromatic carbocycles. The van der Waals surface area contributed by atoms with Crippen molar-refractivity contribution in [3.63, 3.8) is 0 Å². The van der Waals surface area contributed by atoms with E-state index in [-0.39, 0.29) is 25.2 Å². The summed E-state index contributed by atoms with van der Waals surface area (Å²) in [6.07, 6.45) is 0.542. The van der Waals surface area contributed by atoms with Gasteiger partial charge in [0.1, 0.15) is 0 Å². The van der Waals surface area contributed by atoms with E-state index in [0.717, 1.165) is 0 Å². The molecule has 2 heterocycles. The molecule has 2 aliphatic rings. The minimum atomic E-state index is -0.602. The number of nitrogens with one attached hydrogen (secondary N) is 2. The van der Waals surface area contributed by atoms with Crippen molar-refractivity contribution >= 4 is 23.5 Å². The van der Waals surface area contributed by atoms with Crippen LogP contribution in [0.4, 0.5) is 10.5 Å². The fourth-order valence-corrected chi connectivity index (χ4v) is 3.14. The zero-order chi connectivity index (χ0) is 20.1. The SMILES string of the molecule is CC(C)CC(=O)N1CCN(CC(=O)NC(=O)Nc2ccc3c(c2)OCO3)CC1. The van der Waals surface area contributed by atoms with E-state index in [1.165, 1.54) is 0 Å². The van der Waals surface area contributed by atoms with Crippen molar-refractivity contribution in [3.8, 4) is 11.5 Å². The second-order valence-corrected chi connectivity index (χ2v) is 7.33. The fourth-order valence-electron chi connectivity index (χ4n) is 3.14. The summed E-state index contributed by atoms with van der Waals surface area (Å²) in [6.45, 7) is 6.73. The summed E-state index contributed by atoms with van der Waals surface area (Å²) in [5.74, 6) is 1.27. The lowest BCUT2D eigenvalue weighted by molar-refractivity contribution is -0.133. The van der Waals surface area contributed by atoms with Crippen molar-refractivity contribution in [2.24, 2.45) is 5.92 Å². The summed E-state index contributed by atoms with van der Waals surface area (Å²) >= 11 is 0. The van der Waals surface area contributed by atoms with Crippen molar-refractivity contribution in [2.45, 2.75) is 20.3 Å². The Bertz CT molecular complexity index is 744. The number of anilines is 1. The molecule has 0 aromatic heterocycles. The number of hydrogen-bond donors (Lipinski definition) is 2. The quantitative estimate of drug-likeness (QED) is 0.785. The van der Waals surface area contributed by atoms with Gasteiger partial charge in [-0.25, -0.2) is 4.79 Å². The van der Waals surface area contributed by atoms with E-state index in [9.17, 15) is 14.4 Å². The molecule has 1 saturated heterocycles. The van der Waals surface area contributed by atoms with Crippen molar-refractivity contribution in [3.05, 3.63) is 18.2 Å². The monoisotopic (exact) mass is 390 g/mol. The fraction of sp³-hybridized carbons (Fsp3) is 0.526. The van der Waals surface area contributed by atoms with E-state index in [1.807, 2.05) is 23.6 Å². The Morgan fingerprint density at radius 2 is 1.79 bits per heavy atom. The average Bonchev–Trinajstić information content (AvgIpc) is 3.09. The number of carbonyl (C=O) groups excluding carboxylic acids is 3. The Balaban J connectivity index is 1.40. The maximum absolute atomic E-state index is 12.1. The summed E-state index contributed by atoms with van der Waals surface area (Å²) < 4.78 is 10.5. The zero-order valence-electron chi connectivity index (χ0n) is 16.2. The number of imide groups is 1. The van der Waals surface area contributed by atoms with Crippen molar-refractivity contribution < 1.29 is 23.9 Å². The van der Waals surface area contributed by atoms with Gasteiger partial charge in [-0.2, -0.15) is 0 Å². The normalized spacial score (nSPS) is 16.2. The van der Waals surface area contributed by atoms with Gasteiger partial charge >= 0.3 is 6.03 Å². The highest BCUT2D eigenvalue weighted by molar-refractivity contribution is 6.01. The van der Waals surface area contributed by atoms with Crippen LogP contribution >= 0.6 is 0 Å². The molecule has 3 rings (SSSR count). The number of nitrogens with zero attached hydrogens (tertiary/aromatic N) is 2. The second-order valence-electron chi connectivity index (χ2n) is 7.33. The van der Waals surface area contributed by atoms with Crippen LogP contribution in [0, 0.1) is 5.92 Å². The smallest absolute Gasteiger partial charge is 0.325 e. The summed E-state index contributed by atoms with van der Waals surface area (Å²) in [6, 6.07) is 4.40. The van der Waals surface area contributed by atoms with Crippen LogP contribution in [0.25, 0.3) is 0 Å². The van der Waals surface area contributed by atoms with Crippen LogP contribution in [-0.2, 0) is 9.59 Å². The second kappa shape index (κ2) is 8.92. The number of urea groups is 1. The van der Waals surface area contributed by atoms with Gasteiger partial charge in [0.2, 0.25) is 18.6 Å². The maximum atomic E-state index is 12.1. The van der Waals surface area contributed by atoms with E-state index in [4.69, 9.17) is 9.47 Å². The molecular weight excluding hydrogens is 364 g/mol. The highest BCUT2D eigenvalue weighted by Crippen LogP contribution is 2.34. The predicted molar refractivity (Wildman–Crippen MR) is 102 cm³/mol. The van der Waals surface area contributed by atoms with Gasteiger partial charge in [-0.15, -0.1) is 0 Å². The molecule has 152 valence electrons. The van der Waals surface area contributed by atoms with E-state index in [2.05, 4.69) is 10.6 Å². The van der Waals surface area contributed by atoms with Crippen molar-refractivity contribution in [1.29, 1.82) is 0 Å². The van der Waals surface area contributed by atoms with Crippen molar-refractivity contribution in [2.75, 3.05) is 44.8 Å². The van der Waals surface area contributed by atoms with Gasteiger partial charge in [0.15, 0.2) is 11.5 Å². The summed E-state index contributed by atoms with van der Waals surface area (Å²) in [5.41, 5.74) is 0.506. The number of amides is 4. The summed E-state index contributed by atoms with van der Waals surface area (Å²) in [7, 11) is 0. The van der Waals surface area contributed by atoms with E-state index in [1.54, 1.807) is 18.2 Å². The molecule has 0 bridgehead atoms. The molecule has 9 nitrogen and oxygen atoms in total. The summed E-state index contributed by atoms with van der Waals surface area (Å²) in [5, 5.41) is 4.92. The lowest BCUT2D eigenvalue weighted by Crippen LogP contribution is -2.52. The third-order valence-electron chi connectivity index (χ3n) is 4.56. The molecule has 1 aromatic rings. The molecule has 0 saturated carbocycles. The zero-order valence-corrected chi connectivity index (χ0v) is 16.2. The average molecular weight is 390 g/mol. The van der Waals surface area contributed by atoms with Crippen LogP contribution in [0.1, 0.15) is 20.3 Å². The first-order valence-corrected chi connectivity index (χ1v) is 9.41. The Morgan fingerprint density at radius 1 is 1.07 bits per heavy atom. The van der Waals surface area contributed by atoms with E-state index in [0.29, 0.717) is 55.7 Å². The van der Waals surface area contributed by atoms with E-state index < -0.39 is 6.03 Å². The summed E-state index contributed by atoms with van der Waals surface area (Å²) in [4.78, 5) is 40.0. The Labute approximate surface area is 163 Å². The van der Waals surface area contributed by atoms with Crippen LogP contribution in [-0.4, -0.2) is 67.2 Å². The molecule has 0 radical (unpaired) electrons. The van der Waals surface area contributed by atoms with Gasteiger partial charge in [0.25, 0.3) is 0 Å². The largest absolute Gasteiger partial charge is 0.454 e. The highest BCUT2D eigenvalue weighted by Gasteiger charge is 2.23. The number of piperazine rings is 1. The lowest BCUT2D eigenvalue weighted by Gasteiger charge is -2.34. The molecule has 2 aliphatic heterocycles. The van der Waals surface area contributed by atoms with Gasteiger partial charge in [-0.1, -0.05) is 13.8 Å². The van der Waals surface area contributed by atoms with Crippen LogP contribution in [0.2, 0.25) is 0 Å². The molecule has 0 unspecified atom stereocenters. The van der Waals surface area contributed by atoms with Gasteiger partial charge in [0.05, 0.1) is 6.54 Å². The lowest BCUT2D eigenvalue weighted by atomic mass is 10.1. The molecule has 4 amide bonds. The minimum absolute atomic E-state index is 0.112. The first-order valence-electron chi connectivity index (χ1n) is 9.41. The minimum Gasteiger partial charge on any atom is -0.454 e. The molecular formula is C19H26N4O5. The first kappa shape index (κ1) is 19.9. The molecule has 2 N–H and O–H groups in total. The van der Waals surface area contributed by atoms with Gasteiger partial charge in [-0.05, 0) is 18.1 Å². The highest BCUT2D eigenvalue weighted by atomic mass is 16.7. The topological polar surface area (TPSA) is 100 Å². The molecule has 28 heavy (non-hydrogen) atoms. The van der Waals surface area contributed by atoms with Gasteiger partial charge in [-0.3, -0.25) is 19.8 Å². The number of fused-ring (bicyclic) bond motifs is 1. The molecule has 0 spiro atoms. The van der Waals surface area contributed by atoms with Crippen molar-refractivity contribution in [1.82, 2.24) is 15.1 Å². The predicted octanol–water partition coefficient (Wildman–Crippen LogP) is 1.25. The number of ether oxygens (including phenoxy) is 2. The van der Waals surface area contributed by atoms with Crippen LogP contribution in [0.3, 0.4) is 0 Å². The number of carbonyl (C=O) groups is 3. The third kappa shape index (κ3) is 5.35. The molecule has 0 aliphatic carbocycles. The van der Waals surface area contributed by atoms with Gasteiger partial charge < -0.3 is 19.7 Å². The molecule has 9 heteroatoms. The van der Waals surface area contributed by atoms with E-state index >= 15 is 0 Å². The molecule has 0 atom stereocenters. The Kier molecular flexibility index (Phi) is 6.35.